The van der Waals surface area contributed by atoms with Crippen LogP contribution in [0.15, 0.2) is 30.6 Å². The molecule has 1 aliphatic carbocycles. The zero-order chi connectivity index (χ0) is 13.9. The predicted octanol–water partition coefficient (Wildman–Crippen LogP) is 2.71. The Labute approximate surface area is 119 Å². The summed E-state index contributed by atoms with van der Waals surface area (Å²) in [4.78, 5) is 8.91. The zero-order valence-electron chi connectivity index (χ0n) is 11.9. The topological polar surface area (TPSA) is 47.0 Å². The number of aryl methyl sites for hydroxylation is 1. The Morgan fingerprint density at radius 2 is 2.00 bits per heavy atom. The van der Waals surface area contributed by atoms with E-state index in [0.717, 1.165) is 29.0 Å². The van der Waals surface area contributed by atoms with E-state index in [1.807, 2.05) is 37.5 Å². The lowest BCUT2D eigenvalue weighted by Gasteiger charge is -2.09. The van der Waals surface area contributed by atoms with Gasteiger partial charge in [-0.2, -0.15) is 0 Å². The average molecular weight is 269 g/mol. The fourth-order valence-electron chi connectivity index (χ4n) is 2.12. The quantitative estimate of drug-likeness (QED) is 0.906. The summed E-state index contributed by atoms with van der Waals surface area (Å²) in [6, 6.07) is 6.75. The first-order chi connectivity index (χ1) is 9.76. The highest BCUT2D eigenvalue weighted by Crippen LogP contribution is 2.28. The molecule has 0 saturated heterocycles. The van der Waals surface area contributed by atoms with Gasteiger partial charge < -0.3 is 10.1 Å². The third-order valence-electron chi connectivity index (χ3n) is 3.48. The van der Waals surface area contributed by atoms with Crippen LogP contribution in [0.5, 0.6) is 5.75 Å². The SMILES string of the molecule is COc1cc(C)ccc1-c1ncc(CNC2CC2)cn1. The van der Waals surface area contributed by atoms with Crippen LogP contribution in [0.1, 0.15) is 24.0 Å². The van der Waals surface area contributed by atoms with Crippen LogP contribution in [0.4, 0.5) is 0 Å². The molecule has 0 atom stereocenters. The maximum atomic E-state index is 5.41. The maximum Gasteiger partial charge on any atom is 0.162 e. The van der Waals surface area contributed by atoms with Gasteiger partial charge in [0.15, 0.2) is 5.82 Å². The Morgan fingerprint density at radius 1 is 1.25 bits per heavy atom. The van der Waals surface area contributed by atoms with Crippen LogP contribution < -0.4 is 10.1 Å². The van der Waals surface area contributed by atoms with Gasteiger partial charge in [0.25, 0.3) is 0 Å². The van der Waals surface area contributed by atoms with Crippen LogP contribution in [0, 0.1) is 6.92 Å². The molecule has 0 amide bonds. The largest absolute Gasteiger partial charge is 0.496 e. The molecule has 0 aliphatic heterocycles. The second kappa shape index (κ2) is 5.59. The van der Waals surface area contributed by atoms with E-state index in [9.17, 15) is 0 Å². The fourth-order valence-corrected chi connectivity index (χ4v) is 2.12. The van der Waals surface area contributed by atoms with Gasteiger partial charge in [0.2, 0.25) is 0 Å². The van der Waals surface area contributed by atoms with Crippen molar-refractivity contribution in [3.63, 3.8) is 0 Å². The number of nitrogens with zero attached hydrogens (tertiary/aromatic N) is 2. The number of hydrogen-bond acceptors (Lipinski definition) is 4. The highest BCUT2D eigenvalue weighted by atomic mass is 16.5. The van der Waals surface area contributed by atoms with Crippen molar-refractivity contribution < 1.29 is 4.74 Å². The summed E-state index contributed by atoms with van der Waals surface area (Å²) in [6.45, 7) is 2.88. The van der Waals surface area contributed by atoms with Crippen molar-refractivity contribution in [3.05, 3.63) is 41.7 Å². The second-order valence-corrected chi connectivity index (χ2v) is 5.27. The molecule has 20 heavy (non-hydrogen) atoms. The smallest absolute Gasteiger partial charge is 0.162 e. The van der Waals surface area contributed by atoms with Crippen molar-refractivity contribution in [1.82, 2.24) is 15.3 Å². The van der Waals surface area contributed by atoms with E-state index < -0.39 is 0 Å². The van der Waals surface area contributed by atoms with Crippen molar-refractivity contribution in [2.24, 2.45) is 0 Å². The lowest BCUT2D eigenvalue weighted by molar-refractivity contribution is 0.416. The summed E-state index contributed by atoms with van der Waals surface area (Å²) in [7, 11) is 1.67. The van der Waals surface area contributed by atoms with E-state index in [1.165, 1.54) is 12.8 Å². The predicted molar refractivity (Wildman–Crippen MR) is 78.6 cm³/mol. The third kappa shape index (κ3) is 2.96. The summed E-state index contributed by atoms with van der Waals surface area (Å²) in [5, 5.41) is 3.46. The molecule has 4 nitrogen and oxygen atoms in total. The Bertz CT molecular complexity index is 591. The van der Waals surface area contributed by atoms with Crippen LogP contribution in [-0.2, 0) is 6.54 Å². The molecule has 1 fully saturated rings. The van der Waals surface area contributed by atoms with Crippen molar-refractivity contribution in [2.45, 2.75) is 32.4 Å². The van der Waals surface area contributed by atoms with E-state index in [1.54, 1.807) is 7.11 Å². The standard InChI is InChI=1S/C16H19N3O/c1-11-3-6-14(15(7-11)20-2)16-18-9-12(10-19-16)8-17-13-4-5-13/h3,6-7,9-10,13,17H,4-5,8H2,1-2H3. The Kier molecular flexibility index (Phi) is 3.65. The number of hydrogen-bond donors (Lipinski definition) is 1. The van der Waals surface area contributed by atoms with Crippen molar-refractivity contribution in [2.75, 3.05) is 7.11 Å². The number of benzene rings is 1. The molecule has 1 saturated carbocycles. The van der Waals surface area contributed by atoms with Crippen molar-refractivity contribution in [3.8, 4) is 17.1 Å². The van der Waals surface area contributed by atoms with Gasteiger partial charge in [0.05, 0.1) is 12.7 Å². The minimum absolute atomic E-state index is 0.701. The lowest BCUT2D eigenvalue weighted by atomic mass is 10.1. The molecule has 4 heteroatoms. The third-order valence-corrected chi connectivity index (χ3v) is 3.48. The summed E-state index contributed by atoms with van der Waals surface area (Å²) < 4.78 is 5.41. The van der Waals surface area contributed by atoms with E-state index in [4.69, 9.17) is 4.74 Å². The highest BCUT2D eigenvalue weighted by Gasteiger charge is 2.20. The van der Waals surface area contributed by atoms with E-state index in [2.05, 4.69) is 15.3 Å². The molecule has 2 aromatic rings. The van der Waals surface area contributed by atoms with Crippen LogP contribution in [0.25, 0.3) is 11.4 Å². The van der Waals surface area contributed by atoms with Crippen molar-refractivity contribution in [1.29, 1.82) is 0 Å². The summed E-state index contributed by atoms with van der Waals surface area (Å²) >= 11 is 0. The molecule has 3 rings (SSSR count). The van der Waals surface area contributed by atoms with Gasteiger partial charge in [-0.15, -0.1) is 0 Å². The molecule has 1 aliphatic rings. The lowest BCUT2D eigenvalue weighted by Crippen LogP contribution is -2.15. The van der Waals surface area contributed by atoms with Gasteiger partial charge in [-0.25, -0.2) is 9.97 Å². The van der Waals surface area contributed by atoms with E-state index in [0.29, 0.717) is 11.9 Å². The van der Waals surface area contributed by atoms with E-state index >= 15 is 0 Å². The van der Waals surface area contributed by atoms with Gasteiger partial charge in [-0.05, 0) is 37.5 Å². The number of aromatic nitrogens is 2. The first kappa shape index (κ1) is 13.1. The molecule has 1 N–H and O–H groups in total. The number of ether oxygens (including phenoxy) is 1. The molecule has 0 spiro atoms. The number of rotatable bonds is 5. The fraction of sp³-hybridized carbons (Fsp3) is 0.375. The van der Waals surface area contributed by atoms with Gasteiger partial charge in [-0.1, -0.05) is 6.07 Å². The van der Waals surface area contributed by atoms with Gasteiger partial charge in [0.1, 0.15) is 5.75 Å². The number of methoxy groups -OCH3 is 1. The summed E-state index contributed by atoms with van der Waals surface area (Å²) in [6.07, 6.45) is 6.35. The first-order valence-electron chi connectivity index (χ1n) is 6.95. The Morgan fingerprint density at radius 3 is 2.65 bits per heavy atom. The first-order valence-corrected chi connectivity index (χ1v) is 6.95. The van der Waals surface area contributed by atoms with E-state index in [-0.39, 0.29) is 0 Å². The molecule has 1 aromatic heterocycles. The molecule has 0 radical (unpaired) electrons. The molecule has 0 bridgehead atoms. The minimum atomic E-state index is 0.701. The zero-order valence-corrected chi connectivity index (χ0v) is 11.9. The summed E-state index contributed by atoms with van der Waals surface area (Å²) in [5.74, 6) is 1.52. The van der Waals surface area contributed by atoms with Crippen LogP contribution >= 0.6 is 0 Å². The monoisotopic (exact) mass is 269 g/mol. The normalized spacial score (nSPS) is 14.3. The van der Waals surface area contributed by atoms with Crippen LogP contribution in [-0.4, -0.2) is 23.1 Å². The average Bonchev–Trinajstić information content (AvgIpc) is 3.30. The second-order valence-electron chi connectivity index (χ2n) is 5.27. The maximum absolute atomic E-state index is 5.41. The molecule has 1 aromatic carbocycles. The Balaban J connectivity index is 1.79. The van der Waals surface area contributed by atoms with Gasteiger partial charge in [-0.3, -0.25) is 0 Å². The molecule has 104 valence electrons. The number of nitrogens with one attached hydrogen (secondary N) is 1. The highest BCUT2D eigenvalue weighted by molar-refractivity contribution is 5.64. The van der Waals surface area contributed by atoms with Crippen LogP contribution in [0.3, 0.4) is 0 Å². The van der Waals surface area contributed by atoms with Gasteiger partial charge in [0, 0.05) is 30.5 Å². The Hall–Kier alpha value is -1.94. The van der Waals surface area contributed by atoms with Gasteiger partial charge >= 0.3 is 0 Å². The summed E-state index contributed by atoms with van der Waals surface area (Å²) in [5.41, 5.74) is 3.21. The molecule has 0 unspecified atom stereocenters. The molecular weight excluding hydrogens is 250 g/mol. The molecule has 1 heterocycles. The molecular formula is C16H19N3O. The van der Waals surface area contributed by atoms with Crippen molar-refractivity contribution >= 4 is 0 Å². The minimum Gasteiger partial charge on any atom is -0.496 e. The van der Waals surface area contributed by atoms with Crippen LogP contribution in [0.2, 0.25) is 0 Å².